The summed E-state index contributed by atoms with van der Waals surface area (Å²) in [6.07, 6.45) is 0.264. The van der Waals surface area contributed by atoms with Gasteiger partial charge in [0, 0.05) is 12.5 Å². The van der Waals surface area contributed by atoms with Crippen molar-refractivity contribution in [1.29, 1.82) is 0 Å². The lowest BCUT2D eigenvalue weighted by atomic mass is 9.94. The molecule has 1 heterocycles. The van der Waals surface area contributed by atoms with E-state index in [-0.39, 0.29) is 30.0 Å². The van der Waals surface area contributed by atoms with E-state index in [0.717, 1.165) is 5.56 Å². The van der Waals surface area contributed by atoms with E-state index in [1.54, 1.807) is 12.1 Å². The second-order valence-corrected chi connectivity index (χ2v) is 5.05. The second kappa shape index (κ2) is 5.25. The highest BCUT2D eigenvalue weighted by molar-refractivity contribution is 9.10. The smallest absolute Gasteiger partial charge is 0.144 e. The van der Waals surface area contributed by atoms with Crippen LogP contribution in [0.1, 0.15) is 5.56 Å². The van der Waals surface area contributed by atoms with Crippen molar-refractivity contribution < 1.29 is 13.9 Å². The molecule has 1 aliphatic heterocycles. The third-order valence-electron chi connectivity index (χ3n) is 2.90. The van der Waals surface area contributed by atoms with Gasteiger partial charge in [-0.15, -0.1) is 0 Å². The van der Waals surface area contributed by atoms with Gasteiger partial charge >= 0.3 is 0 Å². The van der Waals surface area contributed by atoms with Crippen LogP contribution in [0.4, 0.5) is 4.39 Å². The lowest BCUT2D eigenvalue weighted by Crippen LogP contribution is -2.34. The molecule has 1 fully saturated rings. The first-order valence-corrected chi connectivity index (χ1v) is 6.17. The molecule has 3 nitrogen and oxygen atoms in total. The minimum Gasteiger partial charge on any atom is -0.379 e. The molecule has 0 saturated carbocycles. The van der Waals surface area contributed by atoms with Crippen molar-refractivity contribution in [2.24, 2.45) is 11.7 Å². The molecule has 17 heavy (non-hydrogen) atoms. The van der Waals surface area contributed by atoms with Crippen LogP contribution in [0.3, 0.4) is 0 Å². The van der Waals surface area contributed by atoms with Crippen LogP contribution >= 0.6 is 15.9 Å². The van der Waals surface area contributed by atoms with Crippen molar-refractivity contribution in [3.8, 4) is 0 Å². The average molecular weight is 302 g/mol. The topological polar surface area (TPSA) is 52.3 Å². The second-order valence-electron chi connectivity index (χ2n) is 4.20. The number of hydrogen-bond acceptors (Lipinski definition) is 3. The highest BCUT2D eigenvalue weighted by Crippen LogP contribution is 2.20. The summed E-state index contributed by atoms with van der Waals surface area (Å²) >= 11 is 3.10. The Hall–Kier alpha value is -0.780. The van der Waals surface area contributed by atoms with Crippen molar-refractivity contribution >= 4 is 21.7 Å². The lowest BCUT2D eigenvalue weighted by molar-refractivity contribution is -0.122. The number of Topliss-reactive ketones (excluding diaryl/α,β-unsaturated/α-hetero) is 1. The average Bonchev–Trinajstić information content (AvgIpc) is 2.70. The van der Waals surface area contributed by atoms with E-state index in [4.69, 9.17) is 10.5 Å². The number of carbonyl (C=O) groups excluding carboxylic acids is 1. The molecule has 0 spiro atoms. The Labute approximate surface area is 107 Å². The van der Waals surface area contributed by atoms with Crippen LogP contribution in [0, 0.1) is 11.7 Å². The predicted octanol–water partition coefficient (Wildman–Crippen LogP) is 1.67. The molecular weight excluding hydrogens is 289 g/mol. The van der Waals surface area contributed by atoms with Crippen LogP contribution in [0.5, 0.6) is 0 Å². The van der Waals surface area contributed by atoms with Gasteiger partial charge in [0.1, 0.15) is 11.6 Å². The lowest BCUT2D eigenvalue weighted by Gasteiger charge is -2.11. The first kappa shape index (κ1) is 12.7. The van der Waals surface area contributed by atoms with Gasteiger partial charge in [-0.2, -0.15) is 0 Å². The molecule has 2 unspecified atom stereocenters. The number of carbonyl (C=O) groups is 1. The van der Waals surface area contributed by atoms with Gasteiger partial charge < -0.3 is 10.5 Å². The fourth-order valence-corrected chi connectivity index (χ4v) is 2.31. The first-order chi connectivity index (χ1) is 8.08. The number of benzene rings is 1. The standard InChI is InChI=1S/C12H13BrFNO2/c13-9-3-7(1-2-10(9)14)4-12(16)8-5-17-6-11(8)15/h1-3,8,11H,4-6,15H2. The Balaban J connectivity index is 2.05. The maximum atomic E-state index is 13.0. The highest BCUT2D eigenvalue weighted by Gasteiger charge is 2.30. The quantitative estimate of drug-likeness (QED) is 0.924. The Bertz CT molecular complexity index is 439. The van der Waals surface area contributed by atoms with Crippen molar-refractivity contribution in [3.05, 3.63) is 34.1 Å². The Kier molecular flexibility index (Phi) is 3.91. The molecule has 0 amide bonds. The van der Waals surface area contributed by atoms with Crippen LogP contribution in [-0.2, 0) is 16.0 Å². The summed E-state index contributed by atoms with van der Waals surface area (Å²) in [5.41, 5.74) is 6.55. The number of nitrogens with two attached hydrogens (primary N) is 1. The van der Waals surface area contributed by atoms with Gasteiger partial charge in [0.25, 0.3) is 0 Å². The van der Waals surface area contributed by atoms with Crippen LogP contribution in [-0.4, -0.2) is 25.0 Å². The molecule has 2 atom stereocenters. The van der Waals surface area contributed by atoms with Gasteiger partial charge in [-0.05, 0) is 33.6 Å². The molecule has 2 N–H and O–H groups in total. The first-order valence-electron chi connectivity index (χ1n) is 5.38. The van der Waals surface area contributed by atoms with Crippen LogP contribution in [0.2, 0.25) is 0 Å². The number of ether oxygens (including phenoxy) is 1. The van der Waals surface area contributed by atoms with E-state index in [0.29, 0.717) is 17.7 Å². The minimum atomic E-state index is -0.331. The molecule has 1 aromatic carbocycles. The number of rotatable bonds is 3. The largest absolute Gasteiger partial charge is 0.379 e. The van der Waals surface area contributed by atoms with Gasteiger partial charge in [0.05, 0.1) is 23.6 Å². The zero-order chi connectivity index (χ0) is 12.4. The van der Waals surface area contributed by atoms with Gasteiger partial charge in [-0.25, -0.2) is 4.39 Å². The minimum absolute atomic E-state index is 0.0495. The predicted molar refractivity (Wildman–Crippen MR) is 65.1 cm³/mol. The third kappa shape index (κ3) is 2.91. The van der Waals surface area contributed by atoms with E-state index >= 15 is 0 Å². The maximum Gasteiger partial charge on any atom is 0.144 e. The fourth-order valence-electron chi connectivity index (χ4n) is 1.88. The summed E-state index contributed by atoms with van der Waals surface area (Å²) in [7, 11) is 0. The molecule has 0 aliphatic carbocycles. The van der Waals surface area contributed by atoms with Gasteiger partial charge in [0.2, 0.25) is 0 Å². The van der Waals surface area contributed by atoms with E-state index in [1.165, 1.54) is 6.07 Å². The summed E-state index contributed by atoms with van der Waals surface area (Å²) in [5.74, 6) is -0.519. The van der Waals surface area contributed by atoms with Crippen LogP contribution in [0.25, 0.3) is 0 Å². The molecular formula is C12H13BrFNO2. The molecule has 2 rings (SSSR count). The molecule has 0 radical (unpaired) electrons. The van der Waals surface area contributed by atoms with E-state index in [1.807, 2.05) is 0 Å². The van der Waals surface area contributed by atoms with E-state index in [2.05, 4.69) is 15.9 Å². The van der Waals surface area contributed by atoms with Gasteiger partial charge in [-0.1, -0.05) is 6.07 Å². The van der Waals surface area contributed by atoms with E-state index < -0.39 is 0 Å². The molecule has 1 aliphatic rings. The SMILES string of the molecule is NC1COCC1C(=O)Cc1ccc(F)c(Br)c1. The van der Waals surface area contributed by atoms with Crippen molar-refractivity contribution in [2.45, 2.75) is 12.5 Å². The molecule has 0 bridgehead atoms. The monoisotopic (exact) mass is 301 g/mol. The summed E-state index contributed by atoms with van der Waals surface area (Å²) in [6.45, 7) is 0.825. The fraction of sp³-hybridized carbons (Fsp3) is 0.417. The third-order valence-corrected chi connectivity index (χ3v) is 3.51. The highest BCUT2D eigenvalue weighted by atomic mass is 79.9. The van der Waals surface area contributed by atoms with Gasteiger partial charge in [-0.3, -0.25) is 4.79 Å². The zero-order valence-corrected chi connectivity index (χ0v) is 10.7. The number of ketones is 1. The Morgan fingerprint density at radius 1 is 1.53 bits per heavy atom. The molecule has 1 aromatic rings. The normalized spacial score (nSPS) is 23.9. The van der Waals surface area contributed by atoms with E-state index in [9.17, 15) is 9.18 Å². The Morgan fingerprint density at radius 3 is 2.88 bits per heavy atom. The summed E-state index contributed by atoms with van der Waals surface area (Å²) in [6, 6.07) is 4.36. The number of hydrogen-bond donors (Lipinski definition) is 1. The van der Waals surface area contributed by atoms with Crippen LogP contribution < -0.4 is 5.73 Å². The van der Waals surface area contributed by atoms with Gasteiger partial charge in [0.15, 0.2) is 0 Å². The summed E-state index contributed by atoms with van der Waals surface area (Å²) < 4.78 is 18.6. The van der Waals surface area contributed by atoms with Crippen molar-refractivity contribution in [3.63, 3.8) is 0 Å². The summed E-state index contributed by atoms with van der Waals surface area (Å²) in [4.78, 5) is 12.0. The molecule has 1 saturated heterocycles. The van der Waals surface area contributed by atoms with Crippen LogP contribution in [0.15, 0.2) is 22.7 Å². The molecule has 5 heteroatoms. The molecule has 92 valence electrons. The van der Waals surface area contributed by atoms with Crippen molar-refractivity contribution in [2.75, 3.05) is 13.2 Å². The zero-order valence-electron chi connectivity index (χ0n) is 9.16. The molecule has 0 aromatic heterocycles. The Morgan fingerprint density at radius 2 is 2.29 bits per heavy atom. The van der Waals surface area contributed by atoms with Crippen molar-refractivity contribution in [1.82, 2.24) is 0 Å². The number of halogens is 2. The maximum absolute atomic E-state index is 13.0. The summed E-state index contributed by atoms with van der Waals surface area (Å²) in [5, 5.41) is 0.